The third-order valence-corrected chi connectivity index (χ3v) is 15.8. The predicted octanol–water partition coefficient (Wildman–Crippen LogP) is 19.5. The number of quaternary nitrogens is 1. The van der Waals surface area contributed by atoms with Crippen molar-refractivity contribution in [1.82, 2.24) is 0 Å². The Kier molecular flexibility index (Phi) is 59.6. The second-order valence-electron chi connectivity index (χ2n) is 24.8. The largest absolute Gasteiger partial charge is 0.545 e. The number of allylic oxidation sites excluding steroid dienone is 2. The fraction of sp³-hybridized carbons (Fsp3) is 0.928. The van der Waals surface area contributed by atoms with Crippen molar-refractivity contribution in [3.63, 3.8) is 0 Å². The van der Waals surface area contributed by atoms with Crippen LogP contribution in [0.3, 0.4) is 0 Å². The Balaban J connectivity index is 3.95. The molecular weight excluding hydrogens is 971 g/mol. The zero-order valence-electron chi connectivity index (χ0n) is 52.8. The highest BCUT2D eigenvalue weighted by Gasteiger charge is 2.22. The monoisotopic (exact) mass is 1100 g/mol. The summed E-state index contributed by atoms with van der Waals surface area (Å²) in [6, 6.07) is 0. The first-order chi connectivity index (χ1) is 38.1. The Morgan fingerprint density at radius 3 is 0.949 bits per heavy atom. The summed E-state index contributed by atoms with van der Waals surface area (Å²) in [5.41, 5.74) is 0. The average molecular weight is 1100 g/mol. The third kappa shape index (κ3) is 61.6. The van der Waals surface area contributed by atoms with Crippen LogP contribution >= 0.6 is 0 Å². The van der Waals surface area contributed by atoms with Gasteiger partial charge in [0.25, 0.3) is 0 Å². The molecule has 0 amide bonds. The molecule has 0 radical (unpaired) electrons. The predicted molar refractivity (Wildman–Crippen MR) is 330 cm³/mol. The van der Waals surface area contributed by atoms with Crippen molar-refractivity contribution in [2.45, 2.75) is 367 Å². The van der Waals surface area contributed by atoms with E-state index in [1.54, 1.807) is 0 Å². The van der Waals surface area contributed by atoms with Gasteiger partial charge in [-0.3, -0.25) is 9.59 Å². The van der Waals surface area contributed by atoms with Crippen molar-refractivity contribution in [3.8, 4) is 0 Å². The minimum Gasteiger partial charge on any atom is -0.545 e. The maximum Gasteiger partial charge on any atom is 0.306 e. The molecule has 0 aromatic heterocycles. The molecule has 0 aromatic carbocycles. The highest BCUT2D eigenvalue weighted by molar-refractivity contribution is 5.70. The molecular formula is C69H133NO8. The maximum atomic E-state index is 12.9. The van der Waals surface area contributed by atoms with E-state index in [9.17, 15) is 19.5 Å². The number of hydrogen-bond acceptors (Lipinski definition) is 8. The Hall–Kier alpha value is -1.97. The molecule has 0 bridgehead atoms. The molecule has 0 aliphatic heterocycles. The van der Waals surface area contributed by atoms with E-state index in [1.807, 2.05) is 21.1 Å². The normalized spacial score (nSPS) is 12.7. The average Bonchev–Trinajstić information content (AvgIpc) is 3.41. The Bertz CT molecular complexity index is 1280. The standard InChI is InChI=1S/C69H133NO8/c1-6-8-10-12-14-16-18-20-22-24-25-26-27-28-29-30-31-32-33-34-35-36-37-38-39-40-41-42-43-44-46-48-50-52-54-56-58-60-67(72)78-65(64-77-69(68(73)74)75-62-61-70(3,4)5)63-76-66(71)59-57-55-53-51-49-47-45-23-21-19-17-15-13-11-9-7-2/h24-25,65,69H,6-23,26-64H2,1-5H3/b25-24-. The van der Waals surface area contributed by atoms with Crippen LogP contribution < -0.4 is 5.11 Å². The van der Waals surface area contributed by atoms with Crippen LogP contribution in [0.5, 0.6) is 0 Å². The molecule has 9 nitrogen and oxygen atoms in total. The molecule has 0 heterocycles. The summed E-state index contributed by atoms with van der Waals surface area (Å²) < 4.78 is 22.8. The minimum absolute atomic E-state index is 0.153. The fourth-order valence-electron chi connectivity index (χ4n) is 10.5. The lowest BCUT2D eigenvalue weighted by molar-refractivity contribution is -0.870. The number of hydrogen-bond donors (Lipinski definition) is 0. The number of carbonyl (C=O) groups is 3. The molecule has 2 atom stereocenters. The van der Waals surface area contributed by atoms with Crippen LogP contribution in [0.2, 0.25) is 0 Å². The first kappa shape index (κ1) is 76.0. The molecule has 0 saturated carbocycles. The minimum atomic E-state index is -1.62. The molecule has 0 rings (SSSR count). The number of nitrogens with zero attached hydrogens (tertiary/aromatic N) is 1. The van der Waals surface area contributed by atoms with Crippen LogP contribution in [0.15, 0.2) is 12.2 Å². The van der Waals surface area contributed by atoms with E-state index < -0.39 is 24.3 Å². The lowest BCUT2D eigenvalue weighted by atomic mass is 10.0. The highest BCUT2D eigenvalue weighted by Crippen LogP contribution is 2.19. The number of unbranched alkanes of at least 4 members (excludes halogenated alkanes) is 48. The van der Waals surface area contributed by atoms with E-state index in [-0.39, 0.29) is 32.2 Å². The summed E-state index contributed by atoms with van der Waals surface area (Å²) in [6.45, 7) is 4.82. The van der Waals surface area contributed by atoms with Gasteiger partial charge in [0, 0.05) is 12.8 Å². The zero-order chi connectivity index (χ0) is 56.9. The summed E-state index contributed by atoms with van der Waals surface area (Å²) in [4.78, 5) is 37.4. The molecule has 0 N–H and O–H groups in total. The molecule has 0 aliphatic rings. The summed E-state index contributed by atoms with van der Waals surface area (Å²) in [5.74, 6) is -2.25. The highest BCUT2D eigenvalue weighted by atomic mass is 16.7. The van der Waals surface area contributed by atoms with Crippen molar-refractivity contribution >= 4 is 17.9 Å². The van der Waals surface area contributed by atoms with E-state index in [2.05, 4.69) is 26.0 Å². The number of carboxylic acids is 1. The molecule has 462 valence electrons. The summed E-state index contributed by atoms with van der Waals surface area (Å²) in [5, 5.41) is 11.8. The van der Waals surface area contributed by atoms with Gasteiger partial charge in [0.1, 0.15) is 13.2 Å². The Morgan fingerprint density at radius 1 is 0.372 bits per heavy atom. The number of ether oxygens (including phenoxy) is 4. The van der Waals surface area contributed by atoms with E-state index >= 15 is 0 Å². The van der Waals surface area contributed by atoms with Crippen LogP contribution in [0, 0.1) is 0 Å². The van der Waals surface area contributed by atoms with Gasteiger partial charge in [0.2, 0.25) is 0 Å². The molecule has 78 heavy (non-hydrogen) atoms. The van der Waals surface area contributed by atoms with Crippen molar-refractivity contribution in [3.05, 3.63) is 12.2 Å². The van der Waals surface area contributed by atoms with Gasteiger partial charge in [-0.05, 0) is 38.5 Å². The first-order valence-corrected chi connectivity index (χ1v) is 34.3. The zero-order valence-corrected chi connectivity index (χ0v) is 52.8. The number of likely N-dealkylation sites (N-methyl/N-ethyl adjacent to an activating group) is 1. The Labute approximate surface area is 485 Å². The van der Waals surface area contributed by atoms with Crippen LogP contribution in [0.1, 0.15) is 354 Å². The van der Waals surface area contributed by atoms with Gasteiger partial charge < -0.3 is 33.3 Å². The van der Waals surface area contributed by atoms with E-state index in [4.69, 9.17) is 18.9 Å². The lowest BCUT2D eigenvalue weighted by Gasteiger charge is -2.26. The quantitative estimate of drug-likeness (QED) is 0.0195. The topological polar surface area (TPSA) is 111 Å². The number of carbonyl (C=O) groups excluding carboxylic acids is 3. The summed E-state index contributed by atoms with van der Waals surface area (Å²) in [6.07, 6.45) is 70.2. The van der Waals surface area contributed by atoms with Crippen molar-refractivity contribution < 1.29 is 42.9 Å². The van der Waals surface area contributed by atoms with Gasteiger partial charge in [-0.2, -0.15) is 0 Å². The number of esters is 2. The van der Waals surface area contributed by atoms with Gasteiger partial charge in [0.05, 0.1) is 40.3 Å². The second kappa shape index (κ2) is 61.1. The fourth-order valence-corrected chi connectivity index (χ4v) is 10.5. The molecule has 2 unspecified atom stereocenters. The Morgan fingerprint density at radius 2 is 0.654 bits per heavy atom. The van der Waals surface area contributed by atoms with Crippen molar-refractivity contribution in [2.24, 2.45) is 0 Å². The number of carboxylic acid groups (broad SMARTS) is 1. The summed E-state index contributed by atoms with van der Waals surface area (Å²) >= 11 is 0. The number of rotatable bonds is 65. The second-order valence-corrected chi connectivity index (χ2v) is 24.8. The van der Waals surface area contributed by atoms with Crippen LogP contribution in [0.4, 0.5) is 0 Å². The molecule has 0 aromatic rings. The molecule has 9 heteroatoms. The van der Waals surface area contributed by atoms with Crippen LogP contribution in [0.25, 0.3) is 0 Å². The van der Waals surface area contributed by atoms with E-state index in [0.29, 0.717) is 17.4 Å². The lowest BCUT2D eigenvalue weighted by Crippen LogP contribution is -2.44. The maximum absolute atomic E-state index is 12.9. The molecule has 0 spiro atoms. The van der Waals surface area contributed by atoms with Crippen molar-refractivity contribution in [2.75, 3.05) is 47.5 Å². The SMILES string of the molecule is CCCCCCCCCC/C=C\CCCCCCCCCCCCCCCCCCCCCCCCCCCC(=O)OC(COC(=O)CCCCCCCCCCCCCCCCCC)COC(OCC[N+](C)(C)C)C(=O)[O-]. The van der Waals surface area contributed by atoms with Gasteiger partial charge >= 0.3 is 11.9 Å². The van der Waals surface area contributed by atoms with Crippen LogP contribution in [-0.4, -0.2) is 82.3 Å². The van der Waals surface area contributed by atoms with E-state index in [1.165, 1.54) is 289 Å². The molecule has 0 fully saturated rings. The van der Waals surface area contributed by atoms with Crippen LogP contribution in [-0.2, 0) is 33.3 Å². The number of aliphatic carboxylic acids is 1. The van der Waals surface area contributed by atoms with Gasteiger partial charge in [-0.15, -0.1) is 0 Å². The molecule has 0 saturated heterocycles. The molecule has 0 aliphatic carbocycles. The smallest absolute Gasteiger partial charge is 0.306 e. The van der Waals surface area contributed by atoms with Gasteiger partial charge in [-0.25, -0.2) is 0 Å². The first-order valence-electron chi connectivity index (χ1n) is 34.3. The van der Waals surface area contributed by atoms with Gasteiger partial charge in [0.15, 0.2) is 12.4 Å². The van der Waals surface area contributed by atoms with E-state index in [0.717, 1.165) is 38.5 Å². The summed E-state index contributed by atoms with van der Waals surface area (Å²) in [7, 11) is 5.94. The van der Waals surface area contributed by atoms with Crippen molar-refractivity contribution in [1.29, 1.82) is 0 Å². The third-order valence-electron chi connectivity index (χ3n) is 15.8. The van der Waals surface area contributed by atoms with Gasteiger partial charge in [-0.1, -0.05) is 315 Å².